The van der Waals surface area contributed by atoms with E-state index in [-0.39, 0.29) is 11.8 Å². The topological polar surface area (TPSA) is 69.0 Å². The fourth-order valence-electron chi connectivity index (χ4n) is 3.26. The van der Waals surface area contributed by atoms with Gasteiger partial charge in [-0.15, -0.1) is 11.3 Å². The first-order valence-corrected chi connectivity index (χ1v) is 10.5. The van der Waals surface area contributed by atoms with Crippen molar-refractivity contribution in [1.29, 1.82) is 5.26 Å². The Labute approximate surface area is 169 Å². The molecule has 1 amide bonds. The SMILES string of the molecule is CC(C)C(C)(C#N)NC(=O)CN1CCC(c2nc3cc(Cl)ccc3s2)CC1. The van der Waals surface area contributed by atoms with Gasteiger partial charge in [-0.3, -0.25) is 9.69 Å². The average molecular weight is 405 g/mol. The first-order chi connectivity index (χ1) is 12.8. The highest BCUT2D eigenvalue weighted by atomic mass is 35.5. The average Bonchev–Trinajstić information content (AvgIpc) is 3.05. The van der Waals surface area contributed by atoms with Crippen LogP contribution in [-0.2, 0) is 4.79 Å². The number of amides is 1. The lowest BCUT2D eigenvalue weighted by Gasteiger charge is -2.32. The van der Waals surface area contributed by atoms with Crippen molar-refractivity contribution < 1.29 is 4.79 Å². The summed E-state index contributed by atoms with van der Waals surface area (Å²) >= 11 is 7.80. The van der Waals surface area contributed by atoms with Crippen molar-refractivity contribution in [2.24, 2.45) is 5.92 Å². The van der Waals surface area contributed by atoms with Gasteiger partial charge in [-0.1, -0.05) is 25.4 Å². The van der Waals surface area contributed by atoms with Gasteiger partial charge in [-0.2, -0.15) is 5.26 Å². The second kappa shape index (κ2) is 8.14. The molecule has 3 rings (SSSR count). The fraction of sp³-hybridized carbons (Fsp3) is 0.550. The lowest BCUT2D eigenvalue weighted by Crippen LogP contribution is -2.52. The Balaban J connectivity index is 1.55. The Morgan fingerprint density at radius 2 is 2.19 bits per heavy atom. The Morgan fingerprint density at radius 1 is 1.48 bits per heavy atom. The van der Waals surface area contributed by atoms with Gasteiger partial charge < -0.3 is 5.32 Å². The van der Waals surface area contributed by atoms with Gasteiger partial charge in [0.15, 0.2) is 0 Å². The standard InChI is InChI=1S/C20H25ClN4OS/c1-13(2)20(3,12-22)24-18(26)11-25-8-6-14(7-9-25)19-23-16-10-15(21)4-5-17(16)27-19/h4-5,10,13-14H,6-9,11H2,1-3H3,(H,24,26). The molecule has 1 N–H and O–H groups in total. The van der Waals surface area contributed by atoms with Crippen LogP contribution in [0.15, 0.2) is 18.2 Å². The number of likely N-dealkylation sites (tertiary alicyclic amines) is 1. The van der Waals surface area contributed by atoms with Crippen molar-refractivity contribution in [2.45, 2.75) is 45.1 Å². The minimum atomic E-state index is -0.822. The van der Waals surface area contributed by atoms with Crippen LogP contribution in [0, 0.1) is 17.2 Å². The number of fused-ring (bicyclic) bond motifs is 1. The fourth-order valence-corrected chi connectivity index (χ4v) is 4.55. The van der Waals surface area contributed by atoms with Crippen molar-refractivity contribution in [3.8, 4) is 6.07 Å². The molecule has 1 aromatic carbocycles. The van der Waals surface area contributed by atoms with Gasteiger partial charge in [0.2, 0.25) is 5.91 Å². The van der Waals surface area contributed by atoms with Gasteiger partial charge in [-0.25, -0.2) is 4.98 Å². The van der Waals surface area contributed by atoms with E-state index in [1.54, 1.807) is 18.3 Å². The summed E-state index contributed by atoms with van der Waals surface area (Å²) in [6.07, 6.45) is 1.97. The minimum absolute atomic E-state index is 0.0599. The summed E-state index contributed by atoms with van der Waals surface area (Å²) in [6, 6.07) is 8.07. The number of aromatic nitrogens is 1. The molecule has 1 fully saturated rings. The molecule has 1 aromatic heterocycles. The van der Waals surface area contributed by atoms with E-state index in [0.29, 0.717) is 17.5 Å². The summed E-state index contributed by atoms with van der Waals surface area (Å²) in [6.45, 7) is 7.73. The molecule has 7 heteroatoms. The third-order valence-electron chi connectivity index (χ3n) is 5.46. The van der Waals surface area contributed by atoms with Crippen LogP contribution in [-0.4, -0.2) is 41.0 Å². The number of piperidine rings is 1. The number of carbonyl (C=O) groups excluding carboxylic acids is 1. The molecule has 144 valence electrons. The normalized spacial score (nSPS) is 18.4. The number of carbonyl (C=O) groups is 1. The minimum Gasteiger partial charge on any atom is -0.337 e. The zero-order chi connectivity index (χ0) is 19.6. The van der Waals surface area contributed by atoms with Crippen LogP contribution in [0.5, 0.6) is 0 Å². The third-order valence-corrected chi connectivity index (χ3v) is 6.89. The van der Waals surface area contributed by atoms with Crippen molar-refractivity contribution in [1.82, 2.24) is 15.2 Å². The molecule has 0 bridgehead atoms. The number of benzene rings is 1. The number of hydrogen-bond acceptors (Lipinski definition) is 5. The maximum absolute atomic E-state index is 12.4. The monoisotopic (exact) mass is 404 g/mol. The summed E-state index contributed by atoms with van der Waals surface area (Å²) in [4.78, 5) is 19.3. The van der Waals surface area contributed by atoms with Gasteiger partial charge in [0.25, 0.3) is 0 Å². The molecular formula is C20H25ClN4OS. The highest BCUT2D eigenvalue weighted by molar-refractivity contribution is 7.18. The molecule has 2 heterocycles. The van der Waals surface area contributed by atoms with E-state index >= 15 is 0 Å². The smallest absolute Gasteiger partial charge is 0.235 e. The number of hydrogen-bond donors (Lipinski definition) is 1. The van der Waals surface area contributed by atoms with Crippen LogP contribution in [0.1, 0.15) is 44.5 Å². The number of halogens is 1. The Kier molecular flexibility index (Phi) is 6.05. The molecular weight excluding hydrogens is 380 g/mol. The van der Waals surface area contributed by atoms with Crippen molar-refractivity contribution in [2.75, 3.05) is 19.6 Å². The molecule has 0 radical (unpaired) electrons. The predicted octanol–water partition coefficient (Wildman–Crippen LogP) is 4.18. The molecule has 0 aliphatic carbocycles. The third kappa shape index (κ3) is 4.60. The molecule has 5 nitrogen and oxygen atoms in total. The van der Waals surface area contributed by atoms with E-state index in [2.05, 4.69) is 16.3 Å². The van der Waals surface area contributed by atoms with Crippen LogP contribution >= 0.6 is 22.9 Å². The molecule has 0 saturated carbocycles. The summed E-state index contributed by atoms with van der Waals surface area (Å²) in [5.41, 5.74) is 0.145. The maximum atomic E-state index is 12.4. The van der Waals surface area contributed by atoms with Crippen LogP contribution in [0.3, 0.4) is 0 Å². The lowest BCUT2D eigenvalue weighted by molar-refractivity contribution is -0.124. The van der Waals surface area contributed by atoms with Crippen LogP contribution in [0.4, 0.5) is 0 Å². The second-order valence-corrected chi connectivity index (χ2v) is 9.23. The van der Waals surface area contributed by atoms with Crippen LogP contribution in [0.2, 0.25) is 5.02 Å². The van der Waals surface area contributed by atoms with Gasteiger partial charge in [0, 0.05) is 10.9 Å². The lowest BCUT2D eigenvalue weighted by atomic mass is 9.90. The van der Waals surface area contributed by atoms with E-state index in [0.717, 1.165) is 36.5 Å². The van der Waals surface area contributed by atoms with E-state index in [1.165, 1.54) is 4.70 Å². The zero-order valence-corrected chi connectivity index (χ0v) is 17.5. The quantitative estimate of drug-likeness (QED) is 0.811. The van der Waals surface area contributed by atoms with Gasteiger partial charge in [0.1, 0.15) is 5.54 Å². The van der Waals surface area contributed by atoms with Crippen molar-refractivity contribution >= 4 is 39.1 Å². The molecule has 1 saturated heterocycles. The number of thiazole rings is 1. The molecule has 27 heavy (non-hydrogen) atoms. The summed E-state index contributed by atoms with van der Waals surface area (Å²) in [5.74, 6) is 0.408. The van der Waals surface area contributed by atoms with Gasteiger partial charge >= 0.3 is 0 Å². The Bertz CT molecular complexity index is 866. The number of nitrogens with zero attached hydrogens (tertiary/aromatic N) is 3. The molecule has 2 aromatic rings. The molecule has 0 spiro atoms. The molecule has 1 aliphatic rings. The number of nitrogens with one attached hydrogen (secondary N) is 1. The number of rotatable bonds is 5. The summed E-state index contributed by atoms with van der Waals surface area (Å²) < 4.78 is 1.17. The molecule has 1 unspecified atom stereocenters. The van der Waals surface area contributed by atoms with E-state index in [9.17, 15) is 10.1 Å². The second-order valence-electron chi connectivity index (χ2n) is 7.73. The van der Waals surface area contributed by atoms with E-state index in [1.807, 2.05) is 32.0 Å². The Hall–Kier alpha value is -1.68. The number of nitriles is 1. The first-order valence-electron chi connectivity index (χ1n) is 9.31. The summed E-state index contributed by atoms with van der Waals surface area (Å²) in [7, 11) is 0. The highest BCUT2D eigenvalue weighted by Gasteiger charge is 2.31. The predicted molar refractivity (Wildman–Crippen MR) is 110 cm³/mol. The van der Waals surface area contributed by atoms with Crippen LogP contribution < -0.4 is 5.32 Å². The van der Waals surface area contributed by atoms with Crippen molar-refractivity contribution in [3.63, 3.8) is 0 Å². The Morgan fingerprint density at radius 3 is 2.81 bits per heavy atom. The highest BCUT2D eigenvalue weighted by Crippen LogP contribution is 2.34. The van der Waals surface area contributed by atoms with Gasteiger partial charge in [0.05, 0.1) is 27.8 Å². The van der Waals surface area contributed by atoms with Crippen LogP contribution in [0.25, 0.3) is 10.2 Å². The van der Waals surface area contributed by atoms with Gasteiger partial charge in [-0.05, 0) is 57.0 Å². The molecule has 1 atom stereocenters. The zero-order valence-electron chi connectivity index (χ0n) is 16.0. The maximum Gasteiger partial charge on any atom is 0.235 e. The summed E-state index contributed by atoms with van der Waals surface area (Å²) in [5, 5.41) is 14.1. The largest absolute Gasteiger partial charge is 0.337 e. The van der Waals surface area contributed by atoms with Crippen molar-refractivity contribution in [3.05, 3.63) is 28.2 Å². The first kappa shape index (κ1) is 20.1. The van der Waals surface area contributed by atoms with E-state index in [4.69, 9.17) is 16.6 Å². The van der Waals surface area contributed by atoms with E-state index < -0.39 is 5.54 Å². The molecule has 1 aliphatic heterocycles.